The Balaban J connectivity index is 2.86. The number of nitrogens with one attached hydrogen (secondary N) is 2. The highest BCUT2D eigenvalue weighted by molar-refractivity contribution is 6.32. The zero-order valence-corrected chi connectivity index (χ0v) is 11.9. The van der Waals surface area contributed by atoms with E-state index in [-0.39, 0.29) is 22.4 Å². The van der Waals surface area contributed by atoms with Gasteiger partial charge >= 0.3 is 0 Å². The van der Waals surface area contributed by atoms with Gasteiger partial charge < -0.3 is 10.6 Å². The van der Waals surface area contributed by atoms with Gasteiger partial charge in [-0.2, -0.15) is 0 Å². The van der Waals surface area contributed by atoms with Gasteiger partial charge in [0.2, 0.25) is 5.91 Å². The molecule has 0 spiro atoms. The van der Waals surface area contributed by atoms with Gasteiger partial charge in [-0.25, -0.2) is 9.97 Å². The Bertz CT molecular complexity index is 479. The number of halogens is 1. The van der Waals surface area contributed by atoms with Gasteiger partial charge in [-0.1, -0.05) is 18.5 Å². The minimum atomic E-state index is -0.518. The molecule has 6 nitrogen and oxygen atoms in total. The Hall–Kier alpha value is -1.69. The van der Waals surface area contributed by atoms with Crippen LogP contribution in [-0.2, 0) is 4.79 Å². The maximum atomic E-state index is 11.7. The maximum Gasteiger partial charge on any atom is 0.242 e. The highest BCUT2D eigenvalue weighted by Gasteiger charge is 2.17. The molecule has 2 N–H and O–H groups in total. The van der Waals surface area contributed by atoms with E-state index in [4.69, 9.17) is 11.6 Å². The van der Waals surface area contributed by atoms with E-state index in [0.29, 0.717) is 18.7 Å². The quantitative estimate of drug-likeness (QED) is 0.612. The maximum absolute atomic E-state index is 11.7. The molecule has 0 saturated heterocycles. The molecular weight excluding hydrogens is 268 g/mol. The third-order valence-corrected chi connectivity index (χ3v) is 2.71. The summed E-state index contributed by atoms with van der Waals surface area (Å²) >= 11 is 5.86. The van der Waals surface area contributed by atoms with E-state index in [9.17, 15) is 9.59 Å². The van der Waals surface area contributed by atoms with Crippen LogP contribution in [0.1, 0.15) is 36.5 Å². The molecule has 0 aliphatic heterocycles. The van der Waals surface area contributed by atoms with Gasteiger partial charge in [-0.05, 0) is 20.3 Å². The van der Waals surface area contributed by atoms with Crippen LogP contribution in [0.5, 0.6) is 0 Å². The topological polar surface area (TPSA) is 84.0 Å². The molecular formula is C12H17ClN4O2. The van der Waals surface area contributed by atoms with Crippen molar-refractivity contribution in [3.63, 3.8) is 0 Å². The predicted molar refractivity (Wildman–Crippen MR) is 73.6 cm³/mol. The van der Waals surface area contributed by atoms with Crippen molar-refractivity contribution >= 4 is 29.6 Å². The fourth-order valence-electron chi connectivity index (χ4n) is 1.43. The largest absolute Gasteiger partial charge is 0.358 e. The second kappa shape index (κ2) is 7.04. The molecule has 1 rings (SSSR count). The molecule has 19 heavy (non-hydrogen) atoms. The number of rotatable bonds is 6. The first kappa shape index (κ1) is 15.4. The summed E-state index contributed by atoms with van der Waals surface area (Å²) in [6.07, 6.45) is 1.43. The second-order valence-corrected chi connectivity index (χ2v) is 4.46. The predicted octanol–water partition coefficient (Wildman–Crippen LogP) is 1.58. The van der Waals surface area contributed by atoms with Gasteiger partial charge in [0, 0.05) is 6.54 Å². The molecule has 0 bridgehead atoms. The fraction of sp³-hybridized carbons (Fsp3) is 0.500. The second-order valence-electron chi connectivity index (χ2n) is 4.10. The number of hydrogen-bond acceptors (Lipinski definition) is 5. The summed E-state index contributed by atoms with van der Waals surface area (Å²) < 4.78 is 0. The molecule has 0 saturated carbocycles. The van der Waals surface area contributed by atoms with Crippen molar-refractivity contribution in [1.82, 2.24) is 15.3 Å². The van der Waals surface area contributed by atoms with Crippen molar-refractivity contribution in [2.75, 3.05) is 11.9 Å². The zero-order chi connectivity index (χ0) is 14.4. The van der Waals surface area contributed by atoms with Crippen LogP contribution >= 0.6 is 11.6 Å². The molecule has 104 valence electrons. The van der Waals surface area contributed by atoms with E-state index in [1.165, 1.54) is 0 Å². The summed E-state index contributed by atoms with van der Waals surface area (Å²) in [7, 11) is 0. The van der Waals surface area contributed by atoms with Crippen LogP contribution in [0, 0.1) is 6.92 Å². The summed E-state index contributed by atoms with van der Waals surface area (Å²) in [6, 6.07) is -0.518. The number of anilines is 1. The molecule has 0 fully saturated rings. The third-order valence-electron chi connectivity index (χ3n) is 2.42. The normalized spacial score (nSPS) is 11.8. The molecule has 1 amide bonds. The smallest absolute Gasteiger partial charge is 0.242 e. The van der Waals surface area contributed by atoms with Gasteiger partial charge in [-0.3, -0.25) is 9.59 Å². The average Bonchev–Trinajstić information content (AvgIpc) is 2.35. The summed E-state index contributed by atoms with van der Waals surface area (Å²) in [5.41, 5.74) is 0.155. The Kier molecular flexibility index (Phi) is 5.69. The monoisotopic (exact) mass is 284 g/mol. The average molecular weight is 285 g/mol. The number of carbonyl (C=O) groups is 2. The SMILES string of the molecule is CCCNC(=O)C(C)Nc1nc(C)nc(Cl)c1C=O. The molecule has 0 radical (unpaired) electrons. The Labute approximate surface area is 117 Å². The molecule has 0 aromatic carbocycles. The molecule has 0 aliphatic carbocycles. The molecule has 1 aromatic heterocycles. The van der Waals surface area contributed by atoms with Crippen molar-refractivity contribution in [3.8, 4) is 0 Å². The molecule has 1 aromatic rings. The van der Waals surface area contributed by atoms with E-state index in [1.807, 2.05) is 6.92 Å². The highest BCUT2D eigenvalue weighted by Crippen LogP contribution is 2.19. The standard InChI is InChI=1S/C12H17ClN4O2/c1-4-5-14-12(19)7(2)15-11-9(6-18)10(13)16-8(3)17-11/h6-7H,4-5H2,1-3H3,(H,14,19)(H,15,16,17). The Morgan fingerprint density at radius 3 is 2.74 bits per heavy atom. The van der Waals surface area contributed by atoms with Gasteiger partial charge in [0.15, 0.2) is 6.29 Å². The molecule has 0 aliphatic rings. The van der Waals surface area contributed by atoms with Gasteiger partial charge in [0.05, 0.1) is 5.56 Å². The number of aldehydes is 1. The van der Waals surface area contributed by atoms with Gasteiger partial charge in [-0.15, -0.1) is 0 Å². The van der Waals surface area contributed by atoms with Crippen molar-refractivity contribution in [2.24, 2.45) is 0 Å². The Morgan fingerprint density at radius 2 is 2.16 bits per heavy atom. The minimum Gasteiger partial charge on any atom is -0.358 e. The number of nitrogens with zero attached hydrogens (tertiary/aromatic N) is 2. The van der Waals surface area contributed by atoms with Gasteiger partial charge in [0.1, 0.15) is 22.8 Å². The molecule has 1 atom stereocenters. The van der Waals surface area contributed by atoms with E-state index >= 15 is 0 Å². The van der Waals surface area contributed by atoms with Crippen LogP contribution in [0.25, 0.3) is 0 Å². The van der Waals surface area contributed by atoms with Crippen LogP contribution in [0.3, 0.4) is 0 Å². The first-order valence-electron chi connectivity index (χ1n) is 6.03. The first-order chi connectivity index (χ1) is 8.99. The minimum absolute atomic E-state index is 0.0752. The number of hydrogen-bond donors (Lipinski definition) is 2. The lowest BCUT2D eigenvalue weighted by molar-refractivity contribution is -0.121. The summed E-state index contributed by atoms with van der Waals surface area (Å²) in [4.78, 5) is 30.7. The number of amides is 1. The highest BCUT2D eigenvalue weighted by atomic mass is 35.5. The molecule has 1 heterocycles. The van der Waals surface area contributed by atoms with Crippen LogP contribution in [0.2, 0.25) is 5.15 Å². The van der Waals surface area contributed by atoms with Crippen LogP contribution in [-0.4, -0.2) is 34.7 Å². The van der Waals surface area contributed by atoms with E-state index in [2.05, 4.69) is 20.6 Å². The molecule has 1 unspecified atom stereocenters. The summed E-state index contributed by atoms with van der Waals surface area (Å²) in [5, 5.41) is 5.70. The summed E-state index contributed by atoms with van der Waals surface area (Å²) in [5.74, 6) is 0.539. The van der Waals surface area contributed by atoms with E-state index < -0.39 is 6.04 Å². The van der Waals surface area contributed by atoms with Crippen LogP contribution < -0.4 is 10.6 Å². The third kappa shape index (κ3) is 4.17. The van der Waals surface area contributed by atoms with Crippen molar-refractivity contribution in [1.29, 1.82) is 0 Å². The first-order valence-corrected chi connectivity index (χ1v) is 6.41. The zero-order valence-electron chi connectivity index (χ0n) is 11.2. The number of carbonyl (C=O) groups excluding carboxylic acids is 2. The lowest BCUT2D eigenvalue weighted by Gasteiger charge is -2.16. The number of aromatic nitrogens is 2. The summed E-state index contributed by atoms with van der Waals surface area (Å²) in [6.45, 7) is 5.92. The lowest BCUT2D eigenvalue weighted by Crippen LogP contribution is -2.38. The van der Waals surface area contributed by atoms with Gasteiger partial charge in [0.25, 0.3) is 0 Å². The van der Waals surface area contributed by atoms with E-state index in [1.54, 1.807) is 13.8 Å². The Morgan fingerprint density at radius 1 is 1.47 bits per heavy atom. The van der Waals surface area contributed by atoms with Crippen molar-refractivity contribution in [2.45, 2.75) is 33.2 Å². The number of aryl methyl sites for hydroxylation is 1. The fourth-order valence-corrected chi connectivity index (χ4v) is 1.69. The van der Waals surface area contributed by atoms with E-state index in [0.717, 1.165) is 6.42 Å². The van der Waals surface area contributed by atoms with Crippen LogP contribution in [0.4, 0.5) is 5.82 Å². The van der Waals surface area contributed by atoms with Crippen LogP contribution in [0.15, 0.2) is 0 Å². The molecule has 7 heteroatoms. The lowest BCUT2D eigenvalue weighted by atomic mass is 10.2. The van der Waals surface area contributed by atoms with Crippen molar-refractivity contribution < 1.29 is 9.59 Å². The van der Waals surface area contributed by atoms with Crippen molar-refractivity contribution in [3.05, 3.63) is 16.5 Å².